The first-order valence-electron chi connectivity index (χ1n) is 3.71. The minimum atomic E-state index is -4.66. The van der Waals surface area contributed by atoms with E-state index in [1.807, 2.05) is 0 Å². The topological polar surface area (TPSA) is 52.5 Å². The Bertz CT molecular complexity index is 314. The Kier molecular flexibility index (Phi) is 2.97. The van der Waals surface area contributed by atoms with Gasteiger partial charge in [-0.2, -0.15) is 18.7 Å². The molecule has 3 N–H and O–H groups in total. The van der Waals surface area contributed by atoms with E-state index in [2.05, 4.69) is 0 Å². The molecule has 0 spiro atoms. The second-order valence-electron chi connectivity index (χ2n) is 2.66. The van der Waals surface area contributed by atoms with Crippen molar-refractivity contribution in [2.24, 2.45) is 0 Å². The average Bonchev–Trinajstić information content (AvgIpc) is 2.07. The van der Waals surface area contributed by atoms with Gasteiger partial charge >= 0.3 is 6.18 Å². The fourth-order valence-electron chi connectivity index (χ4n) is 1.05. The van der Waals surface area contributed by atoms with Gasteiger partial charge in [-0.15, -0.1) is 0 Å². The molecule has 0 saturated heterocycles. The summed E-state index contributed by atoms with van der Waals surface area (Å²) in [6, 6.07) is 2.65. The molecule has 0 aromatic heterocycles. The van der Waals surface area contributed by atoms with E-state index >= 15 is 0 Å². The lowest BCUT2D eigenvalue weighted by molar-refractivity contribution is -0.178. The van der Waals surface area contributed by atoms with Gasteiger partial charge < -0.3 is 10.3 Å². The van der Waals surface area contributed by atoms with Crippen LogP contribution in [0.1, 0.15) is 11.6 Å². The summed E-state index contributed by atoms with van der Waals surface area (Å²) in [6.45, 7) is 0. The number of benzene rings is 1. The highest BCUT2D eigenvalue weighted by Crippen LogP contribution is 2.35. The average molecular weight is 207 g/mol. The first-order valence-corrected chi connectivity index (χ1v) is 3.71. The van der Waals surface area contributed by atoms with Crippen LogP contribution in [0.5, 0.6) is 5.75 Å². The predicted octanol–water partition coefficient (Wildman–Crippen LogP) is 1.97. The van der Waals surface area contributed by atoms with Gasteiger partial charge in [-0.3, -0.25) is 0 Å². The van der Waals surface area contributed by atoms with Crippen molar-refractivity contribution in [3.8, 4) is 5.75 Å². The Morgan fingerprint density at radius 3 is 2.21 bits per heavy atom. The molecule has 0 fully saturated rings. The Morgan fingerprint density at radius 1 is 1.21 bits per heavy atom. The number of halogens is 3. The van der Waals surface area contributed by atoms with Crippen LogP contribution in [0.25, 0.3) is 0 Å². The highest BCUT2D eigenvalue weighted by Gasteiger charge is 2.41. The van der Waals surface area contributed by atoms with Crippen LogP contribution in [-0.2, 0) is 0 Å². The number of aromatic hydroxyl groups is 1. The van der Waals surface area contributed by atoms with Crippen molar-refractivity contribution in [2.45, 2.75) is 12.2 Å². The lowest BCUT2D eigenvalue weighted by atomic mass is 10.1. The standard InChI is InChI=1S/C8H8F3NO2/c9-8(10,11)7(12-14)5-3-1-2-4-6(5)13/h1-4,7,12-14H. The van der Waals surface area contributed by atoms with Crippen molar-refractivity contribution in [1.82, 2.24) is 5.48 Å². The van der Waals surface area contributed by atoms with E-state index in [9.17, 15) is 13.2 Å². The fourth-order valence-corrected chi connectivity index (χ4v) is 1.05. The van der Waals surface area contributed by atoms with Crippen molar-refractivity contribution >= 4 is 0 Å². The largest absolute Gasteiger partial charge is 0.508 e. The molecule has 0 saturated carbocycles. The molecule has 1 aromatic carbocycles. The number of nitrogens with one attached hydrogen (secondary N) is 1. The van der Waals surface area contributed by atoms with Crippen LogP contribution in [-0.4, -0.2) is 16.5 Å². The minimum Gasteiger partial charge on any atom is -0.508 e. The maximum absolute atomic E-state index is 12.3. The number of hydrogen-bond donors (Lipinski definition) is 3. The molecule has 0 radical (unpaired) electrons. The quantitative estimate of drug-likeness (QED) is 0.650. The van der Waals surface area contributed by atoms with Gasteiger partial charge in [0.1, 0.15) is 5.75 Å². The summed E-state index contributed by atoms with van der Waals surface area (Å²) in [5.41, 5.74) is 0.700. The van der Waals surface area contributed by atoms with Gasteiger partial charge in [0.2, 0.25) is 0 Å². The zero-order valence-corrected chi connectivity index (χ0v) is 6.92. The first kappa shape index (κ1) is 10.8. The van der Waals surface area contributed by atoms with Crippen molar-refractivity contribution < 1.29 is 23.5 Å². The Balaban J connectivity index is 3.08. The van der Waals surface area contributed by atoms with Crippen molar-refractivity contribution in [3.63, 3.8) is 0 Å². The number of phenols is 1. The number of phenolic OH excluding ortho intramolecular Hbond substituents is 1. The summed E-state index contributed by atoms with van der Waals surface area (Å²) in [5, 5.41) is 17.5. The Labute approximate surface area is 77.8 Å². The van der Waals surface area contributed by atoms with Crippen molar-refractivity contribution in [3.05, 3.63) is 29.8 Å². The molecule has 0 heterocycles. The van der Waals surface area contributed by atoms with Gasteiger partial charge in [0.25, 0.3) is 0 Å². The molecule has 1 rings (SSSR count). The fraction of sp³-hybridized carbons (Fsp3) is 0.250. The highest BCUT2D eigenvalue weighted by atomic mass is 19.4. The second-order valence-corrected chi connectivity index (χ2v) is 2.66. The van der Waals surface area contributed by atoms with Crippen LogP contribution in [0.3, 0.4) is 0 Å². The molecule has 6 heteroatoms. The van der Waals surface area contributed by atoms with E-state index in [4.69, 9.17) is 10.3 Å². The molecule has 1 unspecified atom stereocenters. The van der Waals surface area contributed by atoms with E-state index in [0.29, 0.717) is 0 Å². The minimum absolute atomic E-state index is 0.414. The third-order valence-electron chi connectivity index (χ3n) is 1.70. The van der Waals surface area contributed by atoms with Crippen LogP contribution >= 0.6 is 0 Å². The summed E-state index contributed by atoms with van der Waals surface area (Å²) in [4.78, 5) is 0. The van der Waals surface area contributed by atoms with Gasteiger partial charge in [-0.1, -0.05) is 18.2 Å². The van der Waals surface area contributed by atoms with Crippen molar-refractivity contribution in [2.75, 3.05) is 0 Å². The van der Waals surface area contributed by atoms with Gasteiger partial charge in [0.15, 0.2) is 6.04 Å². The zero-order valence-electron chi connectivity index (χ0n) is 6.92. The van der Waals surface area contributed by atoms with E-state index in [1.54, 1.807) is 0 Å². The summed E-state index contributed by atoms with van der Waals surface area (Å²) in [7, 11) is 0. The molecule has 78 valence electrons. The number of hydroxylamine groups is 1. The molecule has 0 aliphatic rings. The number of para-hydroxylation sites is 1. The molecule has 0 aliphatic carbocycles. The molecule has 1 atom stereocenters. The zero-order chi connectivity index (χ0) is 10.8. The highest BCUT2D eigenvalue weighted by molar-refractivity contribution is 5.35. The van der Waals surface area contributed by atoms with Gasteiger partial charge in [-0.25, -0.2) is 0 Å². The predicted molar refractivity (Wildman–Crippen MR) is 41.8 cm³/mol. The maximum Gasteiger partial charge on any atom is 0.410 e. The number of rotatable bonds is 2. The van der Waals surface area contributed by atoms with Crippen LogP contribution < -0.4 is 5.48 Å². The van der Waals surface area contributed by atoms with E-state index in [-0.39, 0.29) is 0 Å². The van der Waals surface area contributed by atoms with Crippen LogP contribution in [0.4, 0.5) is 13.2 Å². The van der Waals surface area contributed by atoms with Crippen LogP contribution in [0.2, 0.25) is 0 Å². The summed E-state index contributed by atoms with van der Waals surface area (Å²) in [5.74, 6) is -0.517. The monoisotopic (exact) mass is 207 g/mol. The third kappa shape index (κ3) is 2.15. The van der Waals surface area contributed by atoms with E-state index < -0.39 is 23.5 Å². The lowest BCUT2D eigenvalue weighted by Gasteiger charge is -2.19. The summed E-state index contributed by atoms with van der Waals surface area (Å²) in [6.07, 6.45) is -4.66. The second kappa shape index (κ2) is 3.85. The number of hydrogen-bond acceptors (Lipinski definition) is 3. The SMILES string of the molecule is ONC(c1ccccc1O)C(F)(F)F. The van der Waals surface area contributed by atoms with Crippen LogP contribution in [0.15, 0.2) is 24.3 Å². The summed E-state index contributed by atoms with van der Waals surface area (Å²) >= 11 is 0. The molecule has 14 heavy (non-hydrogen) atoms. The normalized spacial score (nSPS) is 14.0. The molecule has 0 bridgehead atoms. The van der Waals surface area contributed by atoms with E-state index in [0.717, 1.165) is 17.6 Å². The van der Waals surface area contributed by atoms with Gasteiger partial charge in [-0.05, 0) is 6.07 Å². The molecular weight excluding hydrogens is 199 g/mol. The Morgan fingerprint density at radius 2 is 1.79 bits per heavy atom. The molecule has 3 nitrogen and oxygen atoms in total. The summed E-state index contributed by atoms with van der Waals surface area (Å²) < 4.78 is 36.8. The van der Waals surface area contributed by atoms with Gasteiger partial charge in [0.05, 0.1) is 0 Å². The van der Waals surface area contributed by atoms with Gasteiger partial charge in [0, 0.05) is 5.56 Å². The molecule has 0 aliphatic heterocycles. The number of alkyl halides is 3. The van der Waals surface area contributed by atoms with E-state index in [1.165, 1.54) is 12.1 Å². The first-order chi connectivity index (χ1) is 6.46. The molecule has 0 amide bonds. The smallest absolute Gasteiger partial charge is 0.410 e. The molecular formula is C8H8F3NO2. The molecule has 1 aromatic rings. The maximum atomic E-state index is 12.3. The van der Waals surface area contributed by atoms with Crippen LogP contribution in [0, 0.1) is 0 Å². The van der Waals surface area contributed by atoms with Crippen molar-refractivity contribution in [1.29, 1.82) is 0 Å². The lowest BCUT2D eigenvalue weighted by Crippen LogP contribution is -2.32. The Hall–Kier alpha value is -1.27. The third-order valence-corrected chi connectivity index (χ3v) is 1.70.